The second kappa shape index (κ2) is 4.19. The molecule has 1 rings (SSSR count). The van der Waals surface area contributed by atoms with E-state index in [0.29, 0.717) is 11.3 Å². The SMILES string of the molecule is CC(C)C1(C)CCCC(C)(O)CNC1. The molecule has 2 unspecified atom stereocenters. The van der Waals surface area contributed by atoms with E-state index in [9.17, 15) is 5.11 Å². The zero-order valence-electron chi connectivity index (χ0n) is 10.1. The minimum absolute atomic E-state index is 0.399. The first-order chi connectivity index (χ1) is 6.36. The Labute approximate surface area is 88.1 Å². The van der Waals surface area contributed by atoms with Crippen molar-refractivity contribution in [2.24, 2.45) is 11.3 Å². The standard InChI is InChI=1S/C12H25NO/c1-10(2)11(3)6-5-7-12(4,14)9-13-8-11/h10,13-14H,5-9H2,1-4H3. The predicted octanol–water partition coefficient (Wildman–Crippen LogP) is 2.17. The Hall–Kier alpha value is -0.0800. The molecular formula is C12H25NO. The fraction of sp³-hybridized carbons (Fsp3) is 1.00. The van der Waals surface area contributed by atoms with Gasteiger partial charge in [-0.2, -0.15) is 0 Å². The monoisotopic (exact) mass is 199 g/mol. The summed E-state index contributed by atoms with van der Waals surface area (Å²) in [6, 6.07) is 0. The van der Waals surface area contributed by atoms with Crippen molar-refractivity contribution in [2.75, 3.05) is 13.1 Å². The molecule has 0 aromatic heterocycles. The summed E-state index contributed by atoms with van der Waals surface area (Å²) in [5.74, 6) is 0.707. The fourth-order valence-electron chi connectivity index (χ4n) is 2.16. The van der Waals surface area contributed by atoms with E-state index in [1.807, 2.05) is 6.92 Å². The van der Waals surface area contributed by atoms with Gasteiger partial charge >= 0.3 is 0 Å². The number of rotatable bonds is 1. The number of hydrogen-bond acceptors (Lipinski definition) is 2. The number of hydrogen-bond donors (Lipinski definition) is 2. The van der Waals surface area contributed by atoms with E-state index in [0.717, 1.165) is 25.9 Å². The third-order valence-electron chi connectivity index (χ3n) is 3.89. The van der Waals surface area contributed by atoms with Crippen molar-refractivity contribution < 1.29 is 5.11 Å². The minimum Gasteiger partial charge on any atom is -0.389 e. The summed E-state index contributed by atoms with van der Waals surface area (Å²) in [6.07, 6.45) is 3.28. The molecule has 0 saturated carbocycles. The van der Waals surface area contributed by atoms with Crippen LogP contribution in [-0.4, -0.2) is 23.8 Å². The van der Waals surface area contributed by atoms with Gasteiger partial charge in [-0.15, -0.1) is 0 Å². The second-order valence-corrected chi connectivity index (χ2v) is 5.76. The van der Waals surface area contributed by atoms with Gasteiger partial charge in [-0.05, 0) is 37.5 Å². The van der Waals surface area contributed by atoms with E-state index >= 15 is 0 Å². The van der Waals surface area contributed by atoms with Gasteiger partial charge in [0.05, 0.1) is 5.60 Å². The van der Waals surface area contributed by atoms with Gasteiger partial charge in [-0.3, -0.25) is 0 Å². The molecule has 0 aromatic carbocycles. The van der Waals surface area contributed by atoms with Crippen molar-refractivity contribution >= 4 is 0 Å². The lowest BCUT2D eigenvalue weighted by molar-refractivity contribution is 0.0262. The number of β-amino-alcohol motifs (C(OH)–C–C–N with tert-alkyl or cyclic N) is 1. The van der Waals surface area contributed by atoms with Gasteiger partial charge in [-0.1, -0.05) is 20.8 Å². The largest absolute Gasteiger partial charge is 0.389 e. The van der Waals surface area contributed by atoms with E-state index in [1.54, 1.807) is 0 Å². The Morgan fingerprint density at radius 2 is 1.79 bits per heavy atom. The molecule has 2 nitrogen and oxygen atoms in total. The molecule has 2 atom stereocenters. The van der Waals surface area contributed by atoms with Crippen LogP contribution >= 0.6 is 0 Å². The van der Waals surface area contributed by atoms with E-state index in [1.165, 1.54) is 6.42 Å². The van der Waals surface area contributed by atoms with Gasteiger partial charge in [0.2, 0.25) is 0 Å². The van der Waals surface area contributed by atoms with Gasteiger partial charge in [0.15, 0.2) is 0 Å². The summed E-state index contributed by atoms with van der Waals surface area (Å²) in [5, 5.41) is 13.3. The van der Waals surface area contributed by atoms with Crippen LogP contribution < -0.4 is 5.32 Å². The van der Waals surface area contributed by atoms with E-state index in [2.05, 4.69) is 26.1 Å². The third-order valence-corrected chi connectivity index (χ3v) is 3.89. The Bertz CT molecular complexity index is 175. The minimum atomic E-state index is -0.502. The maximum atomic E-state index is 9.93. The number of aliphatic hydroxyl groups is 1. The van der Waals surface area contributed by atoms with Gasteiger partial charge in [0.1, 0.15) is 0 Å². The van der Waals surface area contributed by atoms with Gasteiger partial charge in [0, 0.05) is 13.1 Å². The molecule has 2 N–H and O–H groups in total. The lowest BCUT2D eigenvalue weighted by Gasteiger charge is -2.39. The van der Waals surface area contributed by atoms with Crippen LogP contribution in [-0.2, 0) is 0 Å². The summed E-state index contributed by atoms with van der Waals surface area (Å²) in [6.45, 7) is 10.6. The molecule has 1 saturated heterocycles. The lowest BCUT2D eigenvalue weighted by Crippen LogP contribution is -2.46. The van der Waals surface area contributed by atoms with Crippen molar-refractivity contribution in [2.45, 2.75) is 52.6 Å². The molecule has 0 aromatic rings. The third kappa shape index (κ3) is 2.96. The van der Waals surface area contributed by atoms with Crippen molar-refractivity contribution in [1.29, 1.82) is 0 Å². The van der Waals surface area contributed by atoms with Crippen molar-refractivity contribution in [3.8, 4) is 0 Å². The quantitative estimate of drug-likeness (QED) is 0.678. The summed E-state index contributed by atoms with van der Waals surface area (Å²) in [5.41, 5.74) is -0.102. The van der Waals surface area contributed by atoms with Gasteiger partial charge in [0.25, 0.3) is 0 Å². The van der Waals surface area contributed by atoms with Crippen molar-refractivity contribution in [1.82, 2.24) is 5.32 Å². The van der Waals surface area contributed by atoms with Gasteiger partial charge in [-0.25, -0.2) is 0 Å². The zero-order chi connectivity index (χ0) is 10.8. The van der Waals surface area contributed by atoms with E-state index in [4.69, 9.17) is 0 Å². The first kappa shape index (κ1) is 12.0. The Morgan fingerprint density at radius 3 is 2.36 bits per heavy atom. The lowest BCUT2D eigenvalue weighted by atomic mass is 9.73. The topological polar surface area (TPSA) is 32.3 Å². The molecule has 0 amide bonds. The highest BCUT2D eigenvalue weighted by Gasteiger charge is 2.32. The van der Waals surface area contributed by atoms with Crippen LogP contribution in [0, 0.1) is 11.3 Å². The smallest absolute Gasteiger partial charge is 0.0743 e. The average Bonchev–Trinajstić information content (AvgIpc) is 2.00. The Morgan fingerprint density at radius 1 is 1.14 bits per heavy atom. The van der Waals surface area contributed by atoms with Crippen molar-refractivity contribution in [3.05, 3.63) is 0 Å². The van der Waals surface area contributed by atoms with Crippen LogP contribution in [0.4, 0.5) is 0 Å². The zero-order valence-corrected chi connectivity index (χ0v) is 10.1. The molecule has 84 valence electrons. The van der Waals surface area contributed by atoms with Gasteiger partial charge < -0.3 is 10.4 Å². The first-order valence-corrected chi connectivity index (χ1v) is 5.79. The summed E-state index contributed by atoms with van der Waals surface area (Å²) >= 11 is 0. The van der Waals surface area contributed by atoms with E-state index in [-0.39, 0.29) is 0 Å². The molecule has 0 bridgehead atoms. The second-order valence-electron chi connectivity index (χ2n) is 5.76. The fourth-order valence-corrected chi connectivity index (χ4v) is 2.16. The molecule has 14 heavy (non-hydrogen) atoms. The highest BCUT2D eigenvalue weighted by Crippen LogP contribution is 2.34. The number of nitrogens with one attached hydrogen (secondary N) is 1. The molecule has 0 radical (unpaired) electrons. The molecule has 1 fully saturated rings. The van der Waals surface area contributed by atoms with Crippen LogP contribution in [0.15, 0.2) is 0 Å². The molecule has 0 spiro atoms. The molecule has 1 heterocycles. The summed E-state index contributed by atoms with van der Waals surface area (Å²) in [7, 11) is 0. The highest BCUT2D eigenvalue weighted by atomic mass is 16.3. The maximum absolute atomic E-state index is 9.93. The summed E-state index contributed by atoms with van der Waals surface area (Å²) in [4.78, 5) is 0. The van der Waals surface area contributed by atoms with Crippen LogP contribution in [0.5, 0.6) is 0 Å². The Balaban J connectivity index is 2.56. The van der Waals surface area contributed by atoms with Crippen LogP contribution in [0.1, 0.15) is 47.0 Å². The van der Waals surface area contributed by atoms with Crippen molar-refractivity contribution in [3.63, 3.8) is 0 Å². The first-order valence-electron chi connectivity index (χ1n) is 5.79. The Kier molecular flexibility index (Phi) is 3.59. The highest BCUT2D eigenvalue weighted by molar-refractivity contribution is 4.86. The van der Waals surface area contributed by atoms with Crippen LogP contribution in [0.2, 0.25) is 0 Å². The van der Waals surface area contributed by atoms with Crippen LogP contribution in [0.3, 0.4) is 0 Å². The maximum Gasteiger partial charge on any atom is 0.0743 e. The molecule has 1 aliphatic rings. The molecular weight excluding hydrogens is 174 g/mol. The summed E-state index contributed by atoms with van der Waals surface area (Å²) < 4.78 is 0. The molecule has 0 aliphatic carbocycles. The normalized spacial score (nSPS) is 40.7. The average molecular weight is 199 g/mol. The van der Waals surface area contributed by atoms with E-state index < -0.39 is 5.60 Å². The molecule has 1 aliphatic heterocycles. The molecule has 2 heteroatoms. The van der Waals surface area contributed by atoms with Crippen LogP contribution in [0.25, 0.3) is 0 Å². The predicted molar refractivity (Wildman–Crippen MR) is 60.3 cm³/mol.